The van der Waals surface area contributed by atoms with E-state index in [1.807, 2.05) is 12.1 Å². The molecule has 0 amide bonds. The van der Waals surface area contributed by atoms with E-state index < -0.39 is 11.9 Å². The second-order valence-electron chi connectivity index (χ2n) is 7.10. The third-order valence-corrected chi connectivity index (χ3v) is 4.09. The summed E-state index contributed by atoms with van der Waals surface area (Å²) >= 11 is 0. The minimum Gasteiger partial charge on any atom is -0.490 e. The number of hydrogen-bond acceptors (Lipinski definition) is 3. The van der Waals surface area contributed by atoms with Gasteiger partial charge in [-0.3, -0.25) is 4.79 Å². The summed E-state index contributed by atoms with van der Waals surface area (Å²) in [4.78, 5) is 11.0. The van der Waals surface area contributed by atoms with Crippen molar-refractivity contribution in [1.29, 1.82) is 0 Å². The lowest BCUT2D eigenvalue weighted by molar-refractivity contribution is -0.138. The summed E-state index contributed by atoms with van der Waals surface area (Å²) in [6.45, 7) is 9.07. The van der Waals surface area contributed by atoms with Crippen LogP contribution in [0.3, 0.4) is 0 Å². The highest BCUT2D eigenvalue weighted by Crippen LogP contribution is 2.24. The Bertz CT molecular complexity index is 681. The van der Waals surface area contributed by atoms with Crippen molar-refractivity contribution in [2.45, 2.75) is 39.0 Å². The van der Waals surface area contributed by atoms with Crippen LogP contribution in [0.25, 0.3) is 0 Å². The van der Waals surface area contributed by atoms with Gasteiger partial charge in [-0.25, -0.2) is 0 Å². The van der Waals surface area contributed by atoms with E-state index in [2.05, 4.69) is 32.9 Å². The molecule has 0 aliphatic heterocycles. The van der Waals surface area contributed by atoms with Crippen LogP contribution in [0.15, 0.2) is 48.5 Å². The van der Waals surface area contributed by atoms with Gasteiger partial charge >= 0.3 is 5.97 Å². The van der Waals surface area contributed by atoms with E-state index in [1.165, 1.54) is 5.56 Å². The minimum absolute atomic E-state index is 0.131. The van der Waals surface area contributed by atoms with Crippen LogP contribution in [0, 0.1) is 0 Å². The minimum atomic E-state index is -0.834. The van der Waals surface area contributed by atoms with Crippen LogP contribution in [0.4, 0.5) is 0 Å². The third-order valence-electron chi connectivity index (χ3n) is 4.09. The van der Waals surface area contributed by atoms with E-state index >= 15 is 0 Å². The maximum Gasteiger partial charge on any atom is 0.310 e. The maximum atomic E-state index is 11.0. The molecule has 0 aliphatic rings. The van der Waals surface area contributed by atoms with Gasteiger partial charge in [0, 0.05) is 0 Å². The van der Waals surface area contributed by atoms with Crippen molar-refractivity contribution in [3.05, 3.63) is 59.7 Å². The molecule has 4 nitrogen and oxygen atoms in total. The standard InChI is InChI=1S/C21H26O4/c1-15(20(22)23)16-5-9-18(10-6-16)24-13-14-25-19-11-7-17(8-12-19)21(2,3)4/h5-12,15H,13-14H2,1-4H3,(H,22,23). The lowest BCUT2D eigenvalue weighted by Crippen LogP contribution is -2.11. The Morgan fingerprint density at radius 3 is 1.76 bits per heavy atom. The van der Waals surface area contributed by atoms with Crippen LogP contribution in [-0.4, -0.2) is 24.3 Å². The lowest BCUT2D eigenvalue weighted by Gasteiger charge is -2.19. The first kappa shape index (κ1) is 18.8. The van der Waals surface area contributed by atoms with Gasteiger partial charge in [0.05, 0.1) is 5.92 Å². The van der Waals surface area contributed by atoms with Crippen LogP contribution in [0.1, 0.15) is 44.7 Å². The van der Waals surface area contributed by atoms with Gasteiger partial charge in [-0.05, 0) is 47.7 Å². The van der Waals surface area contributed by atoms with Crippen LogP contribution < -0.4 is 9.47 Å². The van der Waals surface area contributed by atoms with Crippen molar-refractivity contribution in [1.82, 2.24) is 0 Å². The molecule has 134 valence electrons. The van der Waals surface area contributed by atoms with Crippen molar-refractivity contribution in [2.24, 2.45) is 0 Å². The Balaban J connectivity index is 1.78. The SMILES string of the molecule is CC(C(=O)O)c1ccc(OCCOc2ccc(C(C)(C)C)cc2)cc1. The molecule has 1 unspecified atom stereocenters. The first-order valence-corrected chi connectivity index (χ1v) is 8.46. The molecule has 2 aromatic rings. The number of hydrogen-bond donors (Lipinski definition) is 1. The van der Waals surface area contributed by atoms with Crippen molar-refractivity contribution in [3.63, 3.8) is 0 Å². The second-order valence-corrected chi connectivity index (χ2v) is 7.10. The fourth-order valence-corrected chi connectivity index (χ4v) is 2.37. The average molecular weight is 342 g/mol. The largest absolute Gasteiger partial charge is 0.490 e. The lowest BCUT2D eigenvalue weighted by atomic mass is 9.87. The molecule has 0 aliphatic carbocycles. The summed E-state index contributed by atoms with van der Waals surface area (Å²) in [6.07, 6.45) is 0. The van der Waals surface area contributed by atoms with Crippen molar-refractivity contribution < 1.29 is 19.4 Å². The first-order chi connectivity index (χ1) is 11.8. The molecular formula is C21H26O4. The summed E-state index contributed by atoms with van der Waals surface area (Å²) in [6, 6.07) is 15.2. The molecule has 2 rings (SSSR count). The summed E-state index contributed by atoms with van der Waals surface area (Å²) in [5.41, 5.74) is 2.16. The molecule has 1 atom stereocenters. The molecule has 0 spiro atoms. The van der Waals surface area contributed by atoms with E-state index in [9.17, 15) is 4.79 Å². The van der Waals surface area contributed by atoms with E-state index in [0.29, 0.717) is 19.0 Å². The number of carbonyl (C=O) groups is 1. The van der Waals surface area contributed by atoms with Crippen LogP contribution >= 0.6 is 0 Å². The molecule has 4 heteroatoms. The van der Waals surface area contributed by atoms with Gasteiger partial charge in [0.15, 0.2) is 0 Å². The fourth-order valence-electron chi connectivity index (χ4n) is 2.37. The molecule has 1 N–H and O–H groups in total. The van der Waals surface area contributed by atoms with Crippen LogP contribution in [0.5, 0.6) is 11.5 Å². The molecule has 0 saturated carbocycles. The van der Waals surface area contributed by atoms with Gasteiger partial charge in [-0.1, -0.05) is 45.0 Å². The topological polar surface area (TPSA) is 55.8 Å². The number of carboxylic acids is 1. The Hall–Kier alpha value is -2.49. The highest BCUT2D eigenvalue weighted by Gasteiger charge is 2.14. The van der Waals surface area contributed by atoms with Crippen molar-refractivity contribution in [3.8, 4) is 11.5 Å². The highest BCUT2D eigenvalue weighted by atomic mass is 16.5. The van der Waals surface area contributed by atoms with Gasteiger partial charge in [0.2, 0.25) is 0 Å². The zero-order valence-electron chi connectivity index (χ0n) is 15.3. The summed E-state index contributed by atoms with van der Waals surface area (Å²) in [5, 5.41) is 9.00. The summed E-state index contributed by atoms with van der Waals surface area (Å²) < 4.78 is 11.3. The number of rotatable bonds is 7. The van der Waals surface area contributed by atoms with E-state index in [0.717, 1.165) is 11.3 Å². The highest BCUT2D eigenvalue weighted by molar-refractivity contribution is 5.75. The summed E-state index contributed by atoms with van der Waals surface area (Å²) in [5.74, 6) is 0.170. The molecule has 0 fully saturated rings. The van der Waals surface area contributed by atoms with Crippen LogP contribution in [-0.2, 0) is 10.2 Å². The monoisotopic (exact) mass is 342 g/mol. The smallest absolute Gasteiger partial charge is 0.310 e. The number of ether oxygens (including phenoxy) is 2. The Labute approximate surface area is 149 Å². The summed E-state index contributed by atoms with van der Waals surface area (Å²) in [7, 11) is 0. The predicted molar refractivity (Wildman–Crippen MR) is 98.6 cm³/mol. The maximum absolute atomic E-state index is 11.0. The number of carboxylic acid groups (broad SMARTS) is 1. The Morgan fingerprint density at radius 2 is 1.36 bits per heavy atom. The normalized spacial score (nSPS) is 12.5. The van der Waals surface area contributed by atoms with Crippen molar-refractivity contribution >= 4 is 5.97 Å². The van der Waals surface area contributed by atoms with Crippen molar-refractivity contribution in [2.75, 3.05) is 13.2 Å². The van der Waals surface area contributed by atoms with Gasteiger partial charge < -0.3 is 14.6 Å². The molecule has 0 radical (unpaired) electrons. The Kier molecular flexibility index (Phi) is 6.07. The molecule has 0 aromatic heterocycles. The molecule has 0 bridgehead atoms. The average Bonchev–Trinajstić information content (AvgIpc) is 2.58. The third kappa shape index (κ3) is 5.52. The van der Waals surface area contributed by atoms with E-state index in [4.69, 9.17) is 14.6 Å². The van der Waals surface area contributed by atoms with Gasteiger partial charge in [0.1, 0.15) is 24.7 Å². The predicted octanol–water partition coefficient (Wildman–Crippen LogP) is 4.63. The fraction of sp³-hybridized carbons (Fsp3) is 0.381. The molecular weight excluding hydrogens is 316 g/mol. The zero-order chi connectivity index (χ0) is 18.4. The Morgan fingerprint density at radius 1 is 0.920 bits per heavy atom. The molecule has 0 heterocycles. The first-order valence-electron chi connectivity index (χ1n) is 8.46. The number of aliphatic carboxylic acids is 1. The molecule has 0 saturated heterocycles. The quantitative estimate of drug-likeness (QED) is 0.745. The van der Waals surface area contributed by atoms with E-state index in [-0.39, 0.29) is 5.41 Å². The van der Waals surface area contributed by atoms with Gasteiger partial charge in [0.25, 0.3) is 0 Å². The van der Waals surface area contributed by atoms with Gasteiger partial charge in [-0.15, -0.1) is 0 Å². The van der Waals surface area contributed by atoms with Gasteiger partial charge in [-0.2, -0.15) is 0 Å². The molecule has 2 aromatic carbocycles. The molecule has 25 heavy (non-hydrogen) atoms. The van der Waals surface area contributed by atoms with E-state index in [1.54, 1.807) is 31.2 Å². The second kappa shape index (κ2) is 8.06. The van der Waals surface area contributed by atoms with Crippen LogP contribution in [0.2, 0.25) is 0 Å². The zero-order valence-corrected chi connectivity index (χ0v) is 15.3. The number of benzene rings is 2.